The van der Waals surface area contributed by atoms with Crippen molar-refractivity contribution < 1.29 is 14.3 Å². The lowest BCUT2D eigenvalue weighted by Crippen LogP contribution is -2.37. The summed E-state index contributed by atoms with van der Waals surface area (Å²) in [7, 11) is 3.49. The molecule has 3 aromatic rings. The number of ether oxygens (including phenoxy) is 1. The number of carbonyl (C=O) groups excluding carboxylic acids is 2. The summed E-state index contributed by atoms with van der Waals surface area (Å²) in [5, 5.41) is 3.12. The fourth-order valence-electron chi connectivity index (χ4n) is 4.15. The van der Waals surface area contributed by atoms with Crippen LogP contribution in [0.4, 0.5) is 5.69 Å². The SMILES string of the molecule is CCc1ccc(N2CC(C(=O)NC(c3ccccc3OC)c3nccn3C)CC2=O)cc1. The van der Waals surface area contributed by atoms with Gasteiger partial charge < -0.3 is 19.5 Å². The molecule has 0 saturated carbocycles. The maximum absolute atomic E-state index is 13.3. The third-order valence-corrected chi connectivity index (χ3v) is 6.01. The summed E-state index contributed by atoms with van der Waals surface area (Å²) in [5.41, 5.74) is 2.85. The Kier molecular flexibility index (Phi) is 6.25. The molecule has 0 bridgehead atoms. The van der Waals surface area contributed by atoms with Gasteiger partial charge in [0.2, 0.25) is 11.8 Å². The number of rotatable bonds is 7. The number of nitrogens with one attached hydrogen (secondary N) is 1. The first kappa shape index (κ1) is 21.6. The number of para-hydroxylation sites is 1. The van der Waals surface area contributed by atoms with Crippen molar-refractivity contribution in [2.45, 2.75) is 25.8 Å². The molecule has 0 aliphatic carbocycles. The van der Waals surface area contributed by atoms with Gasteiger partial charge in [-0.2, -0.15) is 0 Å². The van der Waals surface area contributed by atoms with E-state index in [0.717, 1.165) is 17.7 Å². The standard InChI is InChI=1S/C25H28N4O3/c1-4-17-9-11-19(12-10-17)29-16-18(15-22(29)30)25(31)27-23(24-26-13-14-28(24)2)20-7-5-6-8-21(20)32-3/h5-14,18,23H,4,15-16H2,1-3H3,(H,27,31). The lowest BCUT2D eigenvalue weighted by molar-refractivity contribution is -0.126. The summed E-state index contributed by atoms with van der Waals surface area (Å²) in [6, 6.07) is 15.0. The number of amides is 2. The van der Waals surface area contributed by atoms with Crippen LogP contribution in [0.2, 0.25) is 0 Å². The van der Waals surface area contributed by atoms with Gasteiger partial charge in [0, 0.05) is 43.7 Å². The molecule has 1 fully saturated rings. The highest BCUT2D eigenvalue weighted by Gasteiger charge is 2.37. The van der Waals surface area contributed by atoms with E-state index in [1.807, 2.05) is 66.3 Å². The van der Waals surface area contributed by atoms with Gasteiger partial charge in [-0.3, -0.25) is 9.59 Å². The van der Waals surface area contributed by atoms with Gasteiger partial charge in [0.15, 0.2) is 0 Å². The number of hydrogen-bond acceptors (Lipinski definition) is 4. The molecule has 1 aliphatic heterocycles. The van der Waals surface area contributed by atoms with Gasteiger partial charge in [-0.15, -0.1) is 0 Å². The van der Waals surface area contributed by atoms with Crippen LogP contribution >= 0.6 is 0 Å². The molecule has 1 N–H and O–H groups in total. The highest BCUT2D eigenvalue weighted by Crippen LogP contribution is 2.31. The minimum Gasteiger partial charge on any atom is -0.496 e. The van der Waals surface area contributed by atoms with Gasteiger partial charge in [-0.1, -0.05) is 37.3 Å². The lowest BCUT2D eigenvalue weighted by atomic mass is 10.0. The molecule has 7 nitrogen and oxygen atoms in total. The van der Waals surface area contributed by atoms with Crippen molar-refractivity contribution in [1.29, 1.82) is 0 Å². The molecular formula is C25H28N4O3. The predicted octanol–water partition coefficient (Wildman–Crippen LogP) is 3.25. The van der Waals surface area contributed by atoms with Crippen molar-refractivity contribution in [3.63, 3.8) is 0 Å². The first-order valence-corrected chi connectivity index (χ1v) is 10.8. The van der Waals surface area contributed by atoms with Crippen molar-refractivity contribution in [3.05, 3.63) is 77.9 Å². The van der Waals surface area contributed by atoms with Crippen LogP contribution in [0.5, 0.6) is 5.75 Å². The number of imidazole rings is 1. The van der Waals surface area contributed by atoms with Crippen molar-refractivity contribution >= 4 is 17.5 Å². The van der Waals surface area contributed by atoms with E-state index in [1.54, 1.807) is 18.2 Å². The average Bonchev–Trinajstić information content (AvgIpc) is 3.43. The Morgan fingerprint density at radius 2 is 1.97 bits per heavy atom. The zero-order valence-corrected chi connectivity index (χ0v) is 18.6. The Balaban J connectivity index is 1.56. The third-order valence-electron chi connectivity index (χ3n) is 6.01. The number of nitrogens with zero attached hydrogens (tertiary/aromatic N) is 3. The summed E-state index contributed by atoms with van der Waals surface area (Å²) < 4.78 is 7.41. The van der Waals surface area contributed by atoms with Crippen molar-refractivity contribution in [1.82, 2.24) is 14.9 Å². The highest BCUT2D eigenvalue weighted by atomic mass is 16.5. The summed E-state index contributed by atoms with van der Waals surface area (Å²) in [6.07, 6.45) is 4.66. The van der Waals surface area contributed by atoms with Crippen LogP contribution in [0.25, 0.3) is 0 Å². The van der Waals surface area contributed by atoms with E-state index in [0.29, 0.717) is 18.1 Å². The highest BCUT2D eigenvalue weighted by molar-refractivity contribution is 6.00. The molecule has 1 aromatic heterocycles. The van der Waals surface area contributed by atoms with Crippen molar-refractivity contribution in [2.24, 2.45) is 13.0 Å². The van der Waals surface area contributed by atoms with Gasteiger partial charge in [-0.05, 0) is 30.2 Å². The van der Waals surface area contributed by atoms with Crippen molar-refractivity contribution in [2.75, 3.05) is 18.6 Å². The second-order valence-corrected chi connectivity index (χ2v) is 8.01. The third kappa shape index (κ3) is 4.23. The Hall–Kier alpha value is -3.61. The first-order chi connectivity index (χ1) is 15.5. The van der Waals surface area contributed by atoms with E-state index in [1.165, 1.54) is 5.56 Å². The number of aromatic nitrogens is 2. The quantitative estimate of drug-likeness (QED) is 0.622. The molecule has 7 heteroatoms. The number of benzene rings is 2. The van der Waals surface area contributed by atoms with Crippen LogP contribution in [-0.2, 0) is 23.1 Å². The van der Waals surface area contributed by atoms with Crippen LogP contribution in [0.1, 0.15) is 36.3 Å². The fraction of sp³-hybridized carbons (Fsp3) is 0.320. The molecule has 1 aliphatic rings. The number of hydrogen-bond donors (Lipinski definition) is 1. The largest absolute Gasteiger partial charge is 0.496 e. The maximum Gasteiger partial charge on any atom is 0.227 e. The van der Waals surface area contributed by atoms with E-state index in [2.05, 4.69) is 17.2 Å². The average molecular weight is 433 g/mol. The molecule has 2 unspecified atom stereocenters. The van der Waals surface area contributed by atoms with Gasteiger partial charge in [0.25, 0.3) is 0 Å². The molecule has 32 heavy (non-hydrogen) atoms. The van der Waals surface area contributed by atoms with Gasteiger partial charge in [0.1, 0.15) is 17.6 Å². The molecule has 0 radical (unpaired) electrons. The van der Waals surface area contributed by atoms with E-state index in [-0.39, 0.29) is 18.2 Å². The fourth-order valence-corrected chi connectivity index (χ4v) is 4.15. The molecule has 2 heterocycles. The lowest BCUT2D eigenvalue weighted by Gasteiger charge is -2.23. The topological polar surface area (TPSA) is 76.5 Å². The van der Waals surface area contributed by atoms with E-state index in [9.17, 15) is 9.59 Å². The predicted molar refractivity (Wildman–Crippen MR) is 122 cm³/mol. The number of anilines is 1. The molecule has 2 atom stereocenters. The number of aryl methyl sites for hydroxylation is 2. The van der Waals surface area contributed by atoms with Crippen LogP contribution in [0.15, 0.2) is 60.9 Å². The van der Waals surface area contributed by atoms with Crippen LogP contribution in [-0.4, -0.2) is 35.0 Å². The van der Waals surface area contributed by atoms with E-state index in [4.69, 9.17) is 4.74 Å². The molecule has 4 rings (SSSR count). The Morgan fingerprint density at radius 1 is 1.22 bits per heavy atom. The Labute approximate surface area is 188 Å². The van der Waals surface area contributed by atoms with E-state index < -0.39 is 12.0 Å². The number of methoxy groups -OCH3 is 1. The summed E-state index contributed by atoms with van der Waals surface area (Å²) >= 11 is 0. The monoisotopic (exact) mass is 432 g/mol. The first-order valence-electron chi connectivity index (χ1n) is 10.8. The second-order valence-electron chi connectivity index (χ2n) is 8.01. The maximum atomic E-state index is 13.3. The van der Waals surface area contributed by atoms with Gasteiger partial charge in [0.05, 0.1) is 13.0 Å². The van der Waals surface area contributed by atoms with Crippen LogP contribution in [0, 0.1) is 5.92 Å². The molecule has 2 amide bonds. The Morgan fingerprint density at radius 3 is 2.62 bits per heavy atom. The molecule has 2 aromatic carbocycles. The minimum atomic E-state index is -0.494. The Bertz CT molecular complexity index is 1110. The molecule has 166 valence electrons. The molecule has 1 saturated heterocycles. The zero-order chi connectivity index (χ0) is 22.7. The summed E-state index contributed by atoms with van der Waals surface area (Å²) in [5.74, 6) is 0.705. The van der Waals surface area contributed by atoms with Crippen LogP contribution in [0.3, 0.4) is 0 Å². The minimum absolute atomic E-state index is 0.0415. The summed E-state index contributed by atoms with van der Waals surface area (Å²) in [4.78, 5) is 32.1. The molecular weight excluding hydrogens is 404 g/mol. The van der Waals surface area contributed by atoms with E-state index >= 15 is 0 Å². The van der Waals surface area contributed by atoms with Crippen molar-refractivity contribution in [3.8, 4) is 5.75 Å². The second kappa shape index (κ2) is 9.26. The zero-order valence-electron chi connectivity index (χ0n) is 18.6. The number of carbonyl (C=O) groups is 2. The summed E-state index contributed by atoms with van der Waals surface area (Å²) in [6.45, 7) is 2.45. The van der Waals surface area contributed by atoms with Gasteiger partial charge >= 0.3 is 0 Å². The van der Waals surface area contributed by atoms with Crippen LogP contribution < -0.4 is 15.0 Å². The normalized spacial score (nSPS) is 16.8. The molecule has 0 spiro atoms. The smallest absolute Gasteiger partial charge is 0.227 e. The van der Waals surface area contributed by atoms with Gasteiger partial charge in [-0.25, -0.2) is 4.98 Å².